The van der Waals surface area contributed by atoms with Gasteiger partial charge < -0.3 is 15.0 Å². The number of hydrogen-bond acceptors (Lipinski definition) is 2. The third kappa shape index (κ3) is 1.13. The predicted octanol–water partition coefficient (Wildman–Crippen LogP) is 1.28. The van der Waals surface area contributed by atoms with Gasteiger partial charge in [0.15, 0.2) is 0 Å². The SMILES string of the molecule is CNCC1(C2(c3cc[nH]c3)COC2)CC1. The molecule has 1 saturated carbocycles. The molecule has 0 radical (unpaired) electrons. The lowest BCUT2D eigenvalue weighted by Crippen LogP contribution is -2.56. The number of ether oxygens (including phenoxy) is 1. The first-order valence-corrected chi connectivity index (χ1v) is 5.69. The van der Waals surface area contributed by atoms with E-state index in [1.165, 1.54) is 18.4 Å². The van der Waals surface area contributed by atoms with E-state index in [1.54, 1.807) is 0 Å². The smallest absolute Gasteiger partial charge is 0.0592 e. The molecular weight excluding hydrogens is 188 g/mol. The van der Waals surface area contributed by atoms with Crippen LogP contribution in [0.1, 0.15) is 18.4 Å². The molecule has 1 aromatic heterocycles. The van der Waals surface area contributed by atoms with Gasteiger partial charge in [-0.3, -0.25) is 0 Å². The average molecular weight is 206 g/mol. The van der Waals surface area contributed by atoms with E-state index >= 15 is 0 Å². The van der Waals surface area contributed by atoms with Crippen molar-refractivity contribution in [2.45, 2.75) is 18.3 Å². The molecule has 2 fully saturated rings. The lowest BCUT2D eigenvalue weighted by Gasteiger charge is -2.48. The molecule has 82 valence electrons. The van der Waals surface area contributed by atoms with Crippen molar-refractivity contribution < 1.29 is 4.74 Å². The fourth-order valence-corrected chi connectivity index (χ4v) is 3.02. The summed E-state index contributed by atoms with van der Waals surface area (Å²) < 4.78 is 5.49. The lowest BCUT2D eigenvalue weighted by atomic mass is 9.66. The van der Waals surface area contributed by atoms with Gasteiger partial charge in [0, 0.05) is 18.9 Å². The molecule has 1 aliphatic carbocycles. The Labute approximate surface area is 90.2 Å². The van der Waals surface area contributed by atoms with Gasteiger partial charge in [-0.1, -0.05) is 0 Å². The highest BCUT2D eigenvalue weighted by Crippen LogP contribution is 2.61. The van der Waals surface area contributed by atoms with Crippen LogP contribution in [0.15, 0.2) is 18.5 Å². The fourth-order valence-electron chi connectivity index (χ4n) is 3.02. The fraction of sp³-hybridized carbons (Fsp3) is 0.667. The van der Waals surface area contributed by atoms with Crippen LogP contribution in [-0.4, -0.2) is 31.8 Å². The summed E-state index contributed by atoms with van der Waals surface area (Å²) >= 11 is 0. The Bertz CT molecular complexity index is 337. The molecular formula is C12H18N2O. The van der Waals surface area contributed by atoms with Crippen LogP contribution >= 0.6 is 0 Å². The molecule has 2 N–H and O–H groups in total. The monoisotopic (exact) mass is 206 g/mol. The minimum Gasteiger partial charge on any atom is -0.379 e. The van der Waals surface area contributed by atoms with Gasteiger partial charge in [0.05, 0.1) is 18.6 Å². The van der Waals surface area contributed by atoms with Crippen LogP contribution in [0.3, 0.4) is 0 Å². The van der Waals surface area contributed by atoms with E-state index in [2.05, 4.69) is 22.6 Å². The van der Waals surface area contributed by atoms with Crippen molar-refractivity contribution in [3.8, 4) is 0 Å². The Hall–Kier alpha value is -0.800. The summed E-state index contributed by atoms with van der Waals surface area (Å²) in [6.45, 7) is 2.90. The molecule has 1 aromatic rings. The number of rotatable bonds is 4. The first-order valence-electron chi connectivity index (χ1n) is 5.69. The van der Waals surface area contributed by atoms with Gasteiger partial charge in [0.1, 0.15) is 0 Å². The van der Waals surface area contributed by atoms with E-state index in [4.69, 9.17) is 4.74 Å². The summed E-state index contributed by atoms with van der Waals surface area (Å²) in [4.78, 5) is 3.17. The standard InChI is InChI=1S/C12H18N2O/c1-13-7-11(3-4-11)12(8-15-9-12)10-2-5-14-6-10/h2,5-6,13-14H,3-4,7-9H2,1H3. The maximum Gasteiger partial charge on any atom is 0.0592 e. The largest absolute Gasteiger partial charge is 0.379 e. The summed E-state index contributed by atoms with van der Waals surface area (Å²) in [5, 5.41) is 3.34. The minimum atomic E-state index is 0.288. The third-order valence-corrected chi connectivity index (χ3v) is 4.23. The van der Waals surface area contributed by atoms with Crippen LogP contribution in [0.4, 0.5) is 0 Å². The van der Waals surface area contributed by atoms with Gasteiger partial charge >= 0.3 is 0 Å². The van der Waals surface area contributed by atoms with E-state index in [0.29, 0.717) is 5.41 Å². The van der Waals surface area contributed by atoms with Crippen molar-refractivity contribution in [3.63, 3.8) is 0 Å². The van der Waals surface area contributed by atoms with Gasteiger partial charge in [-0.2, -0.15) is 0 Å². The number of aromatic nitrogens is 1. The van der Waals surface area contributed by atoms with Crippen molar-refractivity contribution >= 4 is 0 Å². The molecule has 3 nitrogen and oxygen atoms in total. The van der Waals surface area contributed by atoms with Crippen molar-refractivity contribution in [3.05, 3.63) is 24.0 Å². The normalized spacial score (nSPS) is 25.9. The zero-order valence-electron chi connectivity index (χ0n) is 9.18. The molecule has 0 amide bonds. The van der Waals surface area contributed by atoms with Gasteiger partial charge in [0.2, 0.25) is 0 Å². The van der Waals surface area contributed by atoms with E-state index in [1.807, 2.05) is 13.2 Å². The topological polar surface area (TPSA) is 37.0 Å². The molecule has 0 bridgehead atoms. The molecule has 0 unspecified atom stereocenters. The summed E-state index contributed by atoms with van der Waals surface area (Å²) in [5.41, 5.74) is 2.18. The predicted molar refractivity (Wildman–Crippen MR) is 58.9 cm³/mol. The Morgan fingerprint density at radius 1 is 1.47 bits per heavy atom. The van der Waals surface area contributed by atoms with Crippen molar-refractivity contribution in [2.75, 3.05) is 26.8 Å². The molecule has 2 aliphatic rings. The number of nitrogens with one attached hydrogen (secondary N) is 2. The Balaban J connectivity index is 1.93. The molecule has 3 heteroatoms. The average Bonchev–Trinajstić information content (AvgIpc) is 2.75. The molecule has 15 heavy (non-hydrogen) atoms. The highest BCUT2D eigenvalue weighted by atomic mass is 16.5. The second-order valence-corrected chi connectivity index (χ2v) is 4.99. The lowest BCUT2D eigenvalue weighted by molar-refractivity contribution is -0.0985. The summed E-state index contributed by atoms with van der Waals surface area (Å²) in [5.74, 6) is 0. The molecule has 2 heterocycles. The molecule has 1 saturated heterocycles. The van der Waals surface area contributed by atoms with Gasteiger partial charge in [-0.25, -0.2) is 0 Å². The van der Waals surface area contributed by atoms with Gasteiger partial charge in [-0.15, -0.1) is 0 Å². The second-order valence-electron chi connectivity index (χ2n) is 4.99. The van der Waals surface area contributed by atoms with Crippen molar-refractivity contribution in [1.29, 1.82) is 0 Å². The molecule has 0 spiro atoms. The summed E-state index contributed by atoms with van der Waals surface area (Å²) in [7, 11) is 2.05. The molecule has 1 aliphatic heterocycles. The van der Waals surface area contributed by atoms with Crippen LogP contribution < -0.4 is 5.32 Å². The number of H-pyrrole nitrogens is 1. The van der Waals surface area contributed by atoms with Crippen LogP contribution in [0.5, 0.6) is 0 Å². The van der Waals surface area contributed by atoms with E-state index in [0.717, 1.165) is 19.8 Å². The summed E-state index contributed by atoms with van der Waals surface area (Å²) in [6.07, 6.45) is 6.83. The second kappa shape index (κ2) is 3.09. The van der Waals surface area contributed by atoms with Crippen LogP contribution in [0.25, 0.3) is 0 Å². The van der Waals surface area contributed by atoms with Crippen molar-refractivity contribution in [1.82, 2.24) is 10.3 Å². The first-order chi connectivity index (χ1) is 7.33. The van der Waals surface area contributed by atoms with E-state index in [9.17, 15) is 0 Å². The maximum absolute atomic E-state index is 5.49. The van der Waals surface area contributed by atoms with Crippen LogP contribution in [0.2, 0.25) is 0 Å². The Kier molecular flexibility index (Phi) is 1.94. The zero-order valence-corrected chi connectivity index (χ0v) is 9.18. The molecule has 0 atom stereocenters. The van der Waals surface area contributed by atoms with E-state index in [-0.39, 0.29) is 5.41 Å². The summed E-state index contributed by atoms with van der Waals surface area (Å²) in [6, 6.07) is 2.21. The third-order valence-electron chi connectivity index (χ3n) is 4.23. The Morgan fingerprint density at radius 2 is 2.27 bits per heavy atom. The molecule has 0 aromatic carbocycles. The maximum atomic E-state index is 5.49. The Morgan fingerprint density at radius 3 is 2.67 bits per heavy atom. The van der Waals surface area contributed by atoms with E-state index < -0.39 is 0 Å². The van der Waals surface area contributed by atoms with Crippen molar-refractivity contribution in [2.24, 2.45) is 5.41 Å². The van der Waals surface area contributed by atoms with Crippen LogP contribution in [-0.2, 0) is 10.2 Å². The van der Waals surface area contributed by atoms with Crippen LogP contribution in [0, 0.1) is 5.41 Å². The number of hydrogen-bond donors (Lipinski definition) is 2. The zero-order chi connectivity index (χ0) is 10.4. The minimum absolute atomic E-state index is 0.288. The highest BCUT2D eigenvalue weighted by molar-refractivity contribution is 5.33. The molecule has 3 rings (SSSR count). The quantitative estimate of drug-likeness (QED) is 0.778. The first kappa shape index (κ1) is 9.43. The van der Waals surface area contributed by atoms with Gasteiger partial charge in [-0.05, 0) is 36.9 Å². The number of aromatic amines is 1. The van der Waals surface area contributed by atoms with Gasteiger partial charge in [0.25, 0.3) is 0 Å². The highest BCUT2D eigenvalue weighted by Gasteiger charge is 2.63.